The summed E-state index contributed by atoms with van der Waals surface area (Å²) in [7, 11) is 1.81. The van der Waals surface area contributed by atoms with E-state index in [0.717, 1.165) is 5.69 Å². The Labute approximate surface area is 107 Å². The first-order chi connectivity index (χ1) is 8.52. The molecule has 2 N–H and O–H groups in total. The minimum atomic E-state index is -0.0675. The molecule has 1 aliphatic heterocycles. The summed E-state index contributed by atoms with van der Waals surface area (Å²) in [6.07, 6.45) is 1.69. The maximum Gasteiger partial charge on any atom is 0.257 e. The minimum absolute atomic E-state index is 0.00912. The summed E-state index contributed by atoms with van der Waals surface area (Å²) in [5, 5.41) is 4.20. The van der Waals surface area contributed by atoms with Gasteiger partial charge in [0.15, 0.2) is 0 Å². The van der Waals surface area contributed by atoms with Crippen molar-refractivity contribution < 1.29 is 9.53 Å². The second kappa shape index (κ2) is 5.07. The standard InChI is InChI=1S/C12H20N4O2/c1-8-7-18-10(4-13)5-16(8)12(17)11-6-15(3)14-9(11)2/h6,8,10H,4-5,7,13H2,1-3H3. The largest absolute Gasteiger partial charge is 0.373 e. The lowest BCUT2D eigenvalue weighted by Gasteiger charge is -2.37. The van der Waals surface area contributed by atoms with Gasteiger partial charge in [-0.05, 0) is 13.8 Å². The van der Waals surface area contributed by atoms with Gasteiger partial charge in [0.1, 0.15) is 0 Å². The summed E-state index contributed by atoms with van der Waals surface area (Å²) in [5.74, 6) is 0.00912. The van der Waals surface area contributed by atoms with E-state index in [1.54, 1.807) is 10.9 Å². The highest BCUT2D eigenvalue weighted by molar-refractivity contribution is 5.95. The van der Waals surface area contributed by atoms with E-state index in [-0.39, 0.29) is 18.1 Å². The zero-order valence-electron chi connectivity index (χ0n) is 11.1. The summed E-state index contributed by atoms with van der Waals surface area (Å²) >= 11 is 0. The molecule has 0 bridgehead atoms. The molecular formula is C12H20N4O2. The van der Waals surface area contributed by atoms with Crippen molar-refractivity contribution in [2.45, 2.75) is 26.0 Å². The molecule has 0 spiro atoms. The van der Waals surface area contributed by atoms with Gasteiger partial charge in [-0.1, -0.05) is 0 Å². The molecule has 1 amide bonds. The predicted octanol–water partition coefficient (Wildman–Crippen LogP) is -0.0833. The molecule has 1 aromatic rings. The average Bonchev–Trinajstić information content (AvgIpc) is 2.68. The molecule has 0 aliphatic carbocycles. The number of hydrogen-bond acceptors (Lipinski definition) is 4. The van der Waals surface area contributed by atoms with E-state index in [4.69, 9.17) is 10.5 Å². The van der Waals surface area contributed by atoms with E-state index >= 15 is 0 Å². The van der Waals surface area contributed by atoms with Gasteiger partial charge in [0.05, 0.1) is 30.0 Å². The normalized spacial score (nSPS) is 24.3. The van der Waals surface area contributed by atoms with Gasteiger partial charge in [0.25, 0.3) is 5.91 Å². The van der Waals surface area contributed by atoms with Crippen molar-refractivity contribution in [1.82, 2.24) is 14.7 Å². The molecule has 1 fully saturated rings. The third kappa shape index (κ3) is 2.39. The molecule has 2 atom stereocenters. The number of amides is 1. The van der Waals surface area contributed by atoms with Crippen molar-refractivity contribution >= 4 is 5.91 Å². The zero-order chi connectivity index (χ0) is 13.3. The Morgan fingerprint density at radius 1 is 1.67 bits per heavy atom. The first kappa shape index (κ1) is 13.0. The first-order valence-corrected chi connectivity index (χ1v) is 6.15. The van der Waals surface area contributed by atoms with Crippen molar-refractivity contribution in [3.05, 3.63) is 17.5 Å². The third-order valence-corrected chi connectivity index (χ3v) is 3.27. The van der Waals surface area contributed by atoms with Gasteiger partial charge < -0.3 is 15.4 Å². The van der Waals surface area contributed by atoms with Crippen LogP contribution >= 0.6 is 0 Å². The summed E-state index contributed by atoms with van der Waals surface area (Å²) in [4.78, 5) is 14.3. The molecule has 6 heteroatoms. The molecule has 1 aliphatic rings. The number of ether oxygens (including phenoxy) is 1. The van der Waals surface area contributed by atoms with E-state index in [1.165, 1.54) is 0 Å². The SMILES string of the molecule is Cc1nn(C)cc1C(=O)N1CC(CN)OCC1C. The Morgan fingerprint density at radius 2 is 2.39 bits per heavy atom. The number of carbonyl (C=O) groups is 1. The van der Waals surface area contributed by atoms with Crippen LogP contribution in [0.5, 0.6) is 0 Å². The second-order valence-corrected chi connectivity index (χ2v) is 4.80. The maximum absolute atomic E-state index is 12.5. The highest BCUT2D eigenvalue weighted by Gasteiger charge is 2.30. The average molecular weight is 252 g/mol. The van der Waals surface area contributed by atoms with Crippen LogP contribution in [0.3, 0.4) is 0 Å². The van der Waals surface area contributed by atoms with Gasteiger partial charge >= 0.3 is 0 Å². The van der Waals surface area contributed by atoms with Gasteiger partial charge in [0.2, 0.25) is 0 Å². The predicted molar refractivity (Wildman–Crippen MR) is 67.2 cm³/mol. The van der Waals surface area contributed by atoms with E-state index in [9.17, 15) is 4.79 Å². The van der Waals surface area contributed by atoms with Gasteiger partial charge in [-0.25, -0.2) is 0 Å². The topological polar surface area (TPSA) is 73.4 Å². The van der Waals surface area contributed by atoms with E-state index < -0.39 is 0 Å². The molecule has 0 aromatic carbocycles. The quantitative estimate of drug-likeness (QED) is 0.799. The smallest absolute Gasteiger partial charge is 0.257 e. The maximum atomic E-state index is 12.5. The van der Waals surface area contributed by atoms with E-state index in [2.05, 4.69) is 5.10 Å². The van der Waals surface area contributed by atoms with Gasteiger partial charge in [-0.3, -0.25) is 9.48 Å². The third-order valence-electron chi connectivity index (χ3n) is 3.27. The minimum Gasteiger partial charge on any atom is -0.373 e. The monoisotopic (exact) mass is 252 g/mol. The molecule has 2 unspecified atom stereocenters. The van der Waals surface area contributed by atoms with Crippen LogP contribution in [-0.2, 0) is 11.8 Å². The molecule has 6 nitrogen and oxygen atoms in total. The van der Waals surface area contributed by atoms with Crippen LogP contribution in [0, 0.1) is 6.92 Å². The van der Waals surface area contributed by atoms with Gasteiger partial charge in [-0.15, -0.1) is 0 Å². The molecule has 2 heterocycles. The Balaban J connectivity index is 2.19. The lowest BCUT2D eigenvalue weighted by molar-refractivity contribution is -0.0426. The molecule has 2 rings (SSSR count). The van der Waals surface area contributed by atoms with Crippen LogP contribution in [0.2, 0.25) is 0 Å². The highest BCUT2D eigenvalue weighted by Crippen LogP contribution is 2.16. The molecule has 0 saturated carbocycles. The number of morpholine rings is 1. The molecule has 0 radical (unpaired) electrons. The molecule has 18 heavy (non-hydrogen) atoms. The first-order valence-electron chi connectivity index (χ1n) is 6.15. The van der Waals surface area contributed by atoms with Crippen molar-refractivity contribution in [3.63, 3.8) is 0 Å². The number of carbonyl (C=O) groups excluding carboxylic acids is 1. The fourth-order valence-corrected chi connectivity index (χ4v) is 2.21. The number of rotatable bonds is 2. The Bertz CT molecular complexity index is 443. The van der Waals surface area contributed by atoms with Crippen LogP contribution in [0.25, 0.3) is 0 Å². The number of aromatic nitrogens is 2. The zero-order valence-corrected chi connectivity index (χ0v) is 11.1. The Hall–Kier alpha value is -1.40. The second-order valence-electron chi connectivity index (χ2n) is 4.80. The number of nitrogens with two attached hydrogens (primary N) is 1. The lowest BCUT2D eigenvalue weighted by atomic mass is 10.1. The van der Waals surface area contributed by atoms with Crippen LogP contribution in [0.1, 0.15) is 23.0 Å². The summed E-state index contributed by atoms with van der Waals surface area (Å²) in [5.41, 5.74) is 7.01. The number of hydrogen-bond donors (Lipinski definition) is 1. The molecule has 1 saturated heterocycles. The molecule has 1 aromatic heterocycles. The van der Waals surface area contributed by atoms with Crippen molar-refractivity contribution in [1.29, 1.82) is 0 Å². The highest BCUT2D eigenvalue weighted by atomic mass is 16.5. The van der Waals surface area contributed by atoms with E-state index in [0.29, 0.717) is 25.3 Å². The fraction of sp³-hybridized carbons (Fsp3) is 0.667. The summed E-state index contributed by atoms with van der Waals surface area (Å²) in [6.45, 7) is 5.34. The van der Waals surface area contributed by atoms with Crippen molar-refractivity contribution in [2.24, 2.45) is 12.8 Å². The molecular weight excluding hydrogens is 232 g/mol. The Morgan fingerprint density at radius 3 is 2.94 bits per heavy atom. The Kier molecular flexibility index (Phi) is 3.68. The fourth-order valence-electron chi connectivity index (χ4n) is 2.21. The lowest BCUT2D eigenvalue weighted by Crippen LogP contribution is -2.53. The van der Waals surface area contributed by atoms with Crippen LogP contribution in [0.15, 0.2) is 6.20 Å². The van der Waals surface area contributed by atoms with E-state index in [1.807, 2.05) is 25.8 Å². The summed E-state index contributed by atoms with van der Waals surface area (Å²) in [6, 6.07) is 0.0694. The molecule has 100 valence electrons. The van der Waals surface area contributed by atoms with Crippen molar-refractivity contribution in [3.8, 4) is 0 Å². The van der Waals surface area contributed by atoms with Crippen molar-refractivity contribution in [2.75, 3.05) is 19.7 Å². The number of nitrogens with zero attached hydrogens (tertiary/aromatic N) is 3. The number of aryl methyl sites for hydroxylation is 2. The van der Waals surface area contributed by atoms with Crippen LogP contribution in [0.4, 0.5) is 0 Å². The van der Waals surface area contributed by atoms with Gasteiger partial charge in [-0.2, -0.15) is 5.10 Å². The van der Waals surface area contributed by atoms with Gasteiger partial charge in [0, 0.05) is 26.3 Å². The summed E-state index contributed by atoms with van der Waals surface area (Å²) < 4.78 is 7.21. The van der Waals surface area contributed by atoms with Crippen LogP contribution in [-0.4, -0.2) is 52.4 Å². The van der Waals surface area contributed by atoms with Crippen LogP contribution < -0.4 is 5.73 Å².